The summed E-state index contributed by atoms with van der Waals surface area (Å²) < 4.78 is 5.40. The van der Waals surface area contributed by atoms with Crippen LogP contribution in [-0.4, -0.2) is 53.6 Å². The molecule has 1 heterocycles. The third-order valence-corrected chi connectivity index (χ3v) is 5.93. The third-order valence-electron chi connectivity index (χ3n) is 5.93. The van der Waals surface area contributed by atoms with Crippen molar-refractivity contribution >= 4 is 17.8 Å². The molecule has 1 aliphatic rings. The van der Waals surface area contributed by atoms with Crippen molar-refractivity contribution in [2.24, 2.45) is 0 Å². The number of hydrogen-bond acceptors (Lipinski definition) is 6. The maximum atomic E-state index is 12.9. The molecule has 35 heavy (non-hydrogen) atoms. The van der Waals surface area contributed by atoms with Gasteiger partial charge in [-0.15, -0.1) is 0 Å². The van der Waals surface area contributed by atoms with Gasteiger partial charge in [-0.2, -0.15) is 0 Å². The van der Waals surface area contributed by atoms with Gasteiger partial charge in [-0.25, -0.2) is 5.48 Å². The number of likely N-dealkylation sites (tertiary alicyclic amines) is 1. The summed E-state index contributed by atoms with van der Waals surface area (Å²) in [6.45, 7) is 6.78. The van der Waals surface area contributed by atoms with E-state index in [9.17, 15) is 19.5 Å². The number of amides is 2. The summed E-state index contributed by atoms with van der Waals surface area (Å²) in [4.78, 5) is 43.2. The van der Waals surface area contributed by atoms with Crippen LogP contribution in [0.1, 0.15) is 77.8 Å². The molecule has 8 nitrogen and oxygen atoms in total. The first-order valence-corrected chi connectivity index (χ1v) is 11.8. The summed E-state index contributed by atoms with van der Waals surface area (Å²) in [7, 11) is 1.30. The number of ether oxygens (including phenoxy) is 1. The number of rotatable bonds is 7. The van der Waals surface area contributed by atoms with Crippen LogP contribution in [0.25, 0.3) is 0 Å². The van der Waals surface area contributed by atoms with E-state index in [1.54, 1.807) is 4.90 Å². The highest BCUT2D eigenvalue weighted by Gasteiger charge is 2.26. The number of carbonyl (C=O) groups is 3. The number of benzene rings is 2. The minimum atomic E-state index is -0.585. The second-order valence-electron chi connectivity index (χ2n) is 9.77. The Bertz CT molecular complexity index is 1070. The van der Waals surface area contributed by atoms with Gasteiger partial charge in [0.25, 0.3) is 11.8 Å². The molecule has 8 heteroatoms. The topological polar surface area (TPSA) is 105 Å². The van der Waals surface area contributed by atoms with E-state index in [1.165, 1.54) is 30.9 Å². The molecule has 0 bridgehead atoms. The van der Waals surface area contributed by atoms with Crippen LogP contribution in [0, 0.1) is 0 Å². The fourth-order valence-electron chi connectivity index (χ4n) is 4.24. The Morgan fingerprint density at radius 3 is 2.43 bits per heavy atom. The fraction of sp³-hybridized carbons (Fsp3) is 0.444. The van der Waals surface area contributed by atoms with Crippen molar-refractivity contribution in [2.45, 2.75) is 58.0 Å². The van der Waals surface area contributed by atoms with Gasteiger partial charge in [-0.1, -0.05) is 24.3 Å². The summed E-state index contributed by atoms with van der Waals surface area (Å²) in [5, 5.41) is 10.2. The summed E-state index contributed by atoms with van der Waals surface area (Å²) >= 11 is 0. The van der Waals surface area contributed by atoms with Crippen LogP contribution >= 0.6 is 0 Å². The van der Waals surface area contributed by atoms with Gasteiger partial charge in [-0.05, 0) is 75.3 Å². The monoisotopic (exact) mass is 482 g/mol. The van der Waals surface area contributed by atoms with Gasteiger partial charge in [0.15, 0.2) is 0 Å². The van der Waals surface area contributed by atoms with Crippen LogP contribution in [0.2, 0.25) is 0 Å². The van der Waals surface area contributed by atoms with Crippen molar-refractivity contribution in [1.82, 2.24) is 10.4 Å². The molecule has 0 spiro atoms. The lowest BCUT2D eigenvalue weighted by atomic mass is 9.88. The second-order valence-corrected chi connectivity index (χ2v) is 9.77. The predicted octanol–water partition coefficient (Wildman–Crippen LogP) is 3.98. The van der Waals surface area contributed by atoms with Crippen molar-refractivity contribution in [1.29, 1.82) is 0 Å². The molecule has 1 fully saturated rings. The number of aryl methyl sites for hydroxylation is 1. The number of piperidine rings is 1. The van der Waals surface area contributed by atoms with Crippen LogP contribution in [0.15, 0.2) is 42.5 Å². The molecule has 0 radical (unpaired) electrons. The van der Waals surface area contributed by atoms with E-state index >= 15 is 0 Å². The molecule has 0 atom stereocenters. The van der Waals surface area contributed by atoms with E-state index in [-0.39, 0.29) is 23.2 Å². The first kappa shape index (κ1) is 26.2. The number of hydroxylamine groups is 1. The maximum absolute atomic E-state index is 12.9. The van der Waals surface area contributed by atoms with Gasteiger partial charge in [0.2, 0.25) is 0 Å². The Hall–Kier alpha value is -3.39. The molecule has 0 aromatic heterocycles. The Balaban J connectivity index is 1.56. The molecule has 2 amide bonds. The molecule has 0 aliphatic carbocycles. The fourth-order valence-corrected chi connectivity index (χ4v) is 4.24. The van der Waals surface area contributed by atoms with Crippen molar-refractivity contribution in [2.75, 3.05) is 20.2 Å². The minimum absolute atomic E-state index is 0.0358. The Morgan fingerprint density at radius 2 is 1.80 bits per heavy atom. The number of nitrogens with zero attached hydrogens (tertiary/aromatic N) is 1. The zero-order valence-corrected chi connectivity index (χ0v) is 20.8. The number of esters is 1. The van der Waals surface area contributed by atoms with Crippen LogP contribution in [0.3, 0.4) is 0 Å². The SMILES string of the molecule is CONC(=O)c1ccc(C(=O)N2CCC(c3cccc(CCC(=O)OC(C)(C)C)c3)CC2)cc1O. The van der Waals surface area contributed by atoms with E-state index in [1.807, 2.05) is 32.9 Å². The first-order chi connectivity index (χ1) is 16.6. The number of phenols is 1. The Kier molecular flexibility index (Phi) is 8.51. The molecular weight excluding hydrogens is 448 g/mol. The van der Waals surface area contributed by atoms with E-state index in [4.69, 9.17) is 4.74 Å². The molecule has 2 aromatic carbocycles. The van der Waals surface area contributed by atoms with Gasteiger partial charge in [-0.3, -0.25) is 19.2 Å². The molecule has 3 rings (SSSR count). The zero-order chi connectivity index (χ0) is 25.6. The molecular formula is C27H34N2O6. The second kappa shape index (κ2) is 11.4. The van der Waals surface area contributed by atoms with Gasteiger partial charge in [0.05, 0.1) is 12.7 Å². The highest BCUT2D eigenvalue weighted by Crippen LogP contribution is 2.30. The number of aromatic hydroxyl groups is 1. The minimum Gasteiger partial charge on any atom is -0.507 e. The van der Waals surface area contributed by atoms with Crippen LogP contribution < -0.4 is 5.48 Å². The largest absolute Gasteiger partial charge is 0.507 e. The zero-order valence-electron chi connectivity index (χ0n) is 20.8. The first-order valence-electron chi connectivity index (χ1n) is 11.8. The summed E-state index contributed by atoms with van der Waals surface area (Å²) in [6.07, 6.45) is 2.61. The average molecular weight is 483 g/mol. The highest BCUT2D eigenvalue weighted by molar-refractivity contribution is 5.99. The lowest BCUT2D eigenvalue weighted by Gasteiger charge is -2.32. The van der Waals surface area contributed by atoms with Crippen molar-refractivity contribution < 1.29 is 29.1 Å². The van der Waals surface area contributed by atoms with Crippen molar-refractivity contribution in [3.63, 3.8) is 0 Å². The Labute approximate surface area is 206 Å². The third kappa shape index (κ3) is 7.29. The van der Waals surface area contributed by atoms with Gasteiger partial charge in [0, 0.05) is 25.1 Å². The maximum Gasteiger partial charge on any atom is 0.306 e. The van der Waals surface area contributed by atoms with Gasteiger partial charge < -0.3 is 14.7 Å². The van der Waals surface area contributed by atoms with Crippen LogP contribution in [0.5, 0.6) is 5.75 Å². The molecule has 0 unspecified atom stereocenters. The normalized spacial score (nSPS) is 14.5. The molecule has 1 saturated heterocycles. The number of nitrogens with one attached hydrogen (secondary N) is 1. The molecule has 188 valence electrons. The van der Waals surface area contributed by atoms with Crippen LogP contribution in [-0.2, 0) is 20.8 Å². The quantitative estimate of drug-likeness (QED) is 0.457. The van der Waals surface area contributed by atoms with Gasteiger partial charge >= 0.3 is 5.97 Å². The predicted molar refractivity (Wildman–Crippen MR) is 131 cm³/mol. The molecule has 2 N–H and O–H groups in total. The summed E-state index contributed by atoms with van der Waals surface area (Å²) in [5.74, 6) is -0.910. The number of carbonyl (C=O) groups excluding carboxylic acids is 3. The molecule has 1 aliphatic heterocycles. The van der Waals surface area contributed by atoms with E-state index in [0.29, 0.717) is 37.4 Å². The van der Waals surface area contributed by atoms with Crippen LogP contribution in [0.4, 0.5) is 0 Å². The number of phenolic OH excluding ortho intramolecular Hbond substituents is 1. The molecule has 0 saturated carbocycles. The van der Waals surface area contributed by atoms with Gasteiger partial charge in [0.1, 0.15) is 11.4 Å². The van der Waals surface area contributed by atoms with Crippen molar-refractivity contribution in [3.8, 4) is 5.75 Å². The summed E-state index contributed by atoms with van der Waals surface area (Å²) in [6, 6.07) is 12.5. The smallest absolute Gasteiger partial charge is 0.306 e. The lowest BCUT2D eigenvalue weighted by Crippen LogP contribution is -2.38. The van der Waals surface area contributed by atoms with E-state index in [0.717, 1.165) is 18.4 Å². The highest BCUT2D eigenvalue weighted by atomic mass is 16.6. The van der Waals surface area contributed by atoms with E-state index < -0.39 is 11.5 Å². The summed E-state index contributed by atoms with van der Waals surface area (Å²) in [5.41, 5.74) is 4.34. The van der Waals surface area contributed by atoms with E-state index in [2.05, 4.69) is 22.5 Å². The number of hydrogen-bond donors (Lipinski definition) is 2. The average Bonchev–Trinajstić information content (AvgIpc) is 2.81. The molecule has 2 aromatic rings. The lowest BCUT2D eigenvalue weighted by molar-refractivity contribution is -0.154. The Morgan fingerprint density at radius 1 is 1.09 bits per heavy atom. The van der Waals surface area contributed by atoms with Crippen molar-refractivity contribution in [3.05, 3.63) is 64.7 Å². The standard InChI is InChI=1S/C27H34N2O6/c1-27(2,3)35-24(31)11-8-18-6-5-7-20(16-18)19-12-14-29(15-13-19)26(33)21-9-10-22(23(30)17-21)25(32)28-34-4/h5-7,9-10,16-17,19,30H,8,11-15H2,1-4H3,(H,28,32).